The van der Waals surface area contributed by atoms with Crippen LogP contribution in [0.15, 0.2) is 48.5 Å². The van der Waals surface area contributed by atoms with E-state index in [9.17, 15) is 4.79 Å². The van der Waals surface area contributed by atoms with E-state index in [2.05, 4.69) is 15.1 Å². The molecule has 0 radical (unpaired) electrons. The number of ether oxygens (including phenoxy) is 2. The van der Waals surface area contributed by atoms with Crippen LogP contribution in [0.3, 0.4) is 0 Å². The van der Waals surface area contributed by atoms with Crippen molar-refractivity contribution < 1.29 is 14.3 Å². The first-order valence-electron chi connectivity index (χ1n) is 10.0. The molecule has 0 bridgehead atoms. The lowest BCUT2D eigenvalue weighted by Crippen LogP contribution is -2.49. The molecule has 4 rings (SSSR count). The third-order valence-electron chi connectivity index (χ3n) is 5.35. The maximum Gasteiger partial charge on any atom is 0.254 e. The molecular weight excluding hydrogens is 451 g/mol. The van der Waals surface area contributed by atoms with Crippen LogP contribution in [0.1, 0.15) is 10.4 Å². The largest absolute Gasteiger partial charge is 0.497 e. The van der Waals surface area contributed by atoms with E-state index >= 15 is 0 Å². The van der Waals surface area contributed by atoms with Crippen LogP contribution in [0, 0.1) is 0 Å². The topological polar surface area (TPSA) is 67.8 Å². The van der Waals surface area contributed by atoms with Crippen molar-refractivity contribution in [2.45, 2.75) is 0 Å². The fraction of sp³-hybridized carbons (Fsp3) is 0.261. The summed E-state index contributed by atoms with van der Waals surface area (Å²) >= 11 is 12.2. The van der Waals surface area contributed by atoms with E-state index in [1.54, 1.807) is 44.6 Å². The SMILES string of the molecule is COc1cc(OC)cc(C(=O)N2CCN(c3ccc(-c4ccc(Cl)cc4Cl)nn3)CC2)c1. The highest BCUT2D eigenvalue weighted by Crippen LogP contribution is 2.29. The van der Waals surface area contributed by atoms with Crippen molar-refractivity contribution in [3.8, 4) is 22.8 Å². The minimum absolute atomic E-state index is 0.0549. The quantitative estimate of drug-likeness (QED) is 0.546. The van der Waals surface area contributed by atoms with Crippen LogP contribution in [-0.4, -0.2) is 61.4 Å². The van der Waals surface area contributed by atoms with Gasteiger partial charge in [0.25, 0.3) is 5.91 Å². The first-order chi connectivity index (χ1) is 15.5. The summed E-state index contributed by atoms with van der Waals surface area (Å²) in [7, 11) is 3.13. The Morgan fingerprint density at radius 1 is 0.875 bits per heavy atom. The third kappa shape index (κ3) is 4.74. The number of hydrogen-bond acceptors (Lipinski definition) is 6. The lowest BCUT2D eigenvalue weighted by Gasteiger charge is -2.35. The summed E-state index contributed by atoms with van der Waals surface area (Å²) in [5.41, 5.74) is 1.99. The van der Waals surface area contributed by atoms with E-state index < -0.39 is 0 Å². The van der Waals surface area contributed by atoms with Crippen molar-refractivity contribution >= 4 is 34.9 Å². The lowest BCUT2D eigenvalue weighted by molar-refractivity contribution is 0.0745. The number of halogens is 2. The van der Waals surface area contributed by atoms with Gasteiger partial charge in [0.05, 0.1) is 24.9 Å². The van der Waals surface area contributed by atoms with Gasteiger partial charge in [-0.2, -0.15) is 0 Å². The molecular formula is C23H22Cl2N4O3. The van der Waals surface area contributed by atoms with Crippen LogP contribution in [0.25, 0.3) is 11.3 Å². The number of methoxy groups -OCH3 is 2. The molecule has 9 heteroatoms. The first kappa shape index (κ1) is 22.2. The van der Waals surface area contributed by atoms with Crippen molar-refractivity contribution in [1.29, 1.82) is 0 Å². The molecule has 0 saturated carbocycles. The average Bonchev–Trinajstić information content (AvgIpc) is 2.83. The van der Waals surface area contributed by atoms with Gasteiger partial charge in [0.15, 0.2) is 5.82 Å². The molecule has 1 fully saturated rings. The molecule has 3 aromatic rings. The number of carbonyl (C=O) groups is 1. The second-order valence-electron chi connectivity index (χ2n) is 7.28. The number of carbonyl (C=O) groups excluding carboxylic acids is 1. The van der Waals surface area contributed by atoms with E-state index in [1.165, 1.54) is 0 Å². The molecule has 2 aromatic carbocycles. The highest BCUT2D eigenvalue weighted by Gasteiger charge is 2.24. The second-order valence-corrected chi connectivity index (χ2v) is 8.13. The van der Waals surface area contributed by atoms with Crippen molar-refractivity contribution in [3.05, 3.63) is 64.1 Å². The minimum atomic E-state index is -0.0549. The third-order valence-corrected chi connectivity index (χ3v) is 5.89. The molecule has 1 aliphatic heterocycles. The molecule has 1 saturated heterocycles. The van der Waals surface area contributed by atoms with Crippen LogP contribution in [0.4, 0.5) is 5.82 Å². The normalized spacial score (nSPS) is 13.8. The number of piperazine rings is 1. The van der Waals surface area contributed by atoms with Crippen molar-refractivity contribution in [1.82, 2.24) is 15.1 Å². The van der Waals surface area contributed by atoms with E-state index in [-0.39, 0.29) is 5.91 Å². The van der Waals surface area contributed by atoms with Gasteiger partial charge in [-0.3, -0.25) is 4.79 Å². The van der Waals surface area contributed by atoms with Gasteiger partial charge in [0.2, 0.25) is 0 Å². The zero-order chi connectivity index (χ0) is 22.7. The summed E-state index contributed by atoms with van der Waals surface area (Å²) in [6.07, 6.45) is 0. The zero-order valence-electron chi connectivity index (χ0n) is 17.7. The first-order valence-corrected chi connectivity index (χ1v) is 10.8. The van der Waals surface area contributed by atoms with Crippen LogP contribution in [-0.2, 0) is 0 Å². The molecule has 0 spiro atoms. The van der Waals surface area contributed by atoms with Crippen molar-refractivity contribution in [2.75, 3.05) is 45.3 Å². The molecule has 1 aromatic heterocycles. The monoisotopic (exact) mass is 472 g/mol. The Morgan fingerprint density at radius 3 is 2.12 bits per heavy atom. The Balaban J connectivity index is 1.42. The Kier molecular flexibility index (Phi) is 6.67. The van der Waals surface area contributed by atoms with Crippen LogP contribution < -0.4 is 14.4 Å². The van der Waals surface area contributed by atoms with Crippen molar-refractivity contribution in [2.24, 2.45) is 0 Å². The fourth-order valence-electron chi connectivity index (χ4n) is 3.59. The summed E-state index contributed by atoms with van der Waals surface area (Å²) < 4.78 is 10.6. The predicted octanol–water partition coefficient (Wildman–Crippen LogP) is 4.43. The molecule has 1 amide bonds. The smallest absolute Gasteiger partial charge is 0.254 e. The zero-order valence-corrected chi connectivity index (χ0v) is 19.2. The van der Waals surface area contributed by atoms with Gasteiger partial charge in [-0.15, -0.1) is 10.2 Å². The molecule has 32 heavy (non-hydrogen) atoms. The number of anilines is 1. The molecule has 0 atom stereocenters. The number of hydrogen-bond donors (Lipinski definition) is 0. The summed E-state index contributed by atoms with van der Waals surface area (Å²) in [5.74, 6) is 1.87. The number of aromatic nitrogens is 2. The number of amides is 1. The average molecular weight is 473 g/mol. The number of benzene rings is 2. The van der Waals surface area contributed by atoms with Gasteiger partial charge in [-0.05, 0) is 42.5 Å². The molecule has 0 N–H and O–H groups in total. The summed E-state index contributed by atoms with van der Waals surface area (Å²) in [6, 6.07) is 14.3. The van der Waals surface area contributed by atoms with Crippen LogP contribution >= 0.6 is 23.2 Å². The molecule has 2 heterocycles. The Bertz CT molecular complexity index is 1090. The van der Waals surface area contributed by atoms with Gasteiger partial charge in [0.1, 0.15) is 11.5 Å². The maximum atomic E-state index is 13.0. The number of rotatable bonds is 5. The molecule has 7 nitrogen and oxygen atoms in total. The number of nitrogens with zero attached hydrogens (tertiary/aromatic N) is 4. The Hall–Kier alpha value is -3.03. The summed E-state index contributed by atoms with van der Waals surface area (Å²) in [4.78, 5) is 16.9. The van der Waals surface area contributed by atoms with Gasteiger partial charge in [0, 0.05) is 48.4 Å². The highest BCUT2D eigenvalue weighted by atomic mass is 35.5. The lowest BCUT2D eigenvalue weighted by atomic mass is 10.1. The van der Waals surface area contributed by atoms with E-state index in [4.69, 9.17) is 32.7 Å². The van der Waals surface area contributed by atoms with Gasteiger partial charge >= 0.3 is 0 Å². The summed E-state index contributed by atoms with van der Waals surface area (Å²) in [6.45, 7) is 2.46. The minimum Gasteiger partial charge on any atom is -0.497 e. The van der Waals surface area contributed by atoms with Gasteiger partial charge in [-0.1, -0.05) is 23.2 Å². The van der Waals surface area contributed by atoms with Gasteiger partial charge in [-0.25, -0.2) is 0 Å². The Labute approximate surface area is 196 Å². The van der Waals surface area contributed by atoms with Crippen molar-refractivity contribution in [3.63, 3.8) is 0 Å². The van der Waals surface area contributed by atoms with Crippen LogP contribution in [0.2, 0.25) is 10.0 Å². The maximum absolute atomic E-state index is 13.0. The molecule has 0 aliphatic carbocycles. The fourth-order valence-corrected chi connectivity index (χ4v) is 4.09. The Morgan fingerprint density at radius 2 is 1.56 bits per heavy atom. The molecule has 1 aliphatic rings. The second kappa shape index (κ2) is 9.63. The predicted molar refractivity (Wildman–Crippen MR) is 125 cm³/mol. The standard InChI is InChI=1S/C23H22Cl2N4O3/c1-31-17-11-15(12-18(14-17)32-2)23(30)29-9-7-28(8-10-29)22-6-5-21(26-27-22)19-4-3-16(24)13-20(19)25/h3-6,11-14H,7-10H2,1-2H3. The van der Waals surface area contributed by atoms with E-state index in [0.29, 0.717) is 59.0 Å². The molecule has 166 valence electrons. The summed E-state index contributed by atoms with van der Waals surface area (Å²) in [5, 5.41) is 9.79. The van der Waals surface area contributed by atoms with Crippen LogP contribution in [0.5, 0.6) is 11.5 Å². The van der Waals surface area contributed by atoms with Gasteiger partial charge < -0.3 is 19.3 Å². The highest BCUT2D eigenvalue weighted by molar-refractivity contribution is 6.36. The van der Waals surface area contributed by atoms with E-state index in [1.807, 2.05) is 23.1 Å². The molecule has 0 unspecified atom stereocenters. The van der Waals surface area contributed by atoms with E-state index in [0.717, 1.165) is 11.4 Å².